The van der Waals surface area contributed by atoms with E-state index in [2.05, 4.69) is 6.66 Å². The number of hydrogen-bond acceptors (Lipinski definition) is 1. The highest BCUT2D eigenvalue weighted by Crippen LogP contribution is 2.00. The lowest BCUT2D eigenvalue weighted by atomic mass is 10.5. The Morgan fingerprint density at radius 1 is 1.67 bits per heavy atom. The molecule has 2 heteroatoms. The van der Waals surface area contributed by atoms with E-state index in [4.69, 9.17) is 5.73 Å². The van der Waals surface area contributed by atoms with Crippen LogP contribution in [0.15, 0.2) is 0 Å². The van der Waals surface area contributed by atoms with Crippen LogP contribution in [0.4, 0.5) is 0 Å². The Bertz CT molecular complexity index is 19.5. The van der Waals surface area contributed by atoms with Crippen molar-refractivity contribution >= 4 is 8.58 Å². The maximum absolute atomic E-state index is 5.22. The van der Waals surface area contributed by atoms with Crippen LogP contribution >= 0.6 is 8.58 Å². The predicted octanol–water partition coefficient (Wildman–Crippen LogP) is 0.644. The van der Waals surface area contributed by atoms with Crippen LogP contribution in [-0.2, 0) is 0 Å². The first-order chi connectivity index (χ1) is 2.91. The van der Waals surface area contributed by atoms with Crippen LogP contribution in [0.5, 0.6) is 0 Å². The van der Waals surface area contributed by atoms with E-state index in [1.54, 1.807) is 0 Å². The lowest BCUT2D eigenvalue weighted by Crippen LogP contribution is -1.98. The van der Waals surface area contributed by atoms with Gasteiger partial charge in [0.05, 0.1) is 0 Å². The fourth-order valence-corrected chi connectivity index (χ4v) is 0.837. The molecule has 1 unspecified atom stereocenters. The summed E-state index contributed by atoms with van der Waals surface area (Å²) in [6.07, 6.45) is 2.52. The molecule has 0 heterocycles. The first-order valence-corrected chi connectivity index (χ1v) is 3.97. The van der Waals surface area contributed by atoms with E-state index >= 15 is 0 Å². The summed E-state index contributed by atoms with van der Waals surface area (Å²) in [5.74, 6) is 0. The first kappa shape index (κ1) is 6.39. The molecule has 6 heavy (non-hydrogen) atoms. The molecule has 38 valence electrons. The normalized spacial score (nSPS) is 11.0. The Morgan fingerprint density at radius 3 is 2.50 bits per heavy atom. The van der Waals surface area contributed by atoms with Crippen molar-refractivity contribution in [2.75, 3.05) is 19.4 Å². The minimum Gasteiger partial charge on any atom is -0.330 e. The summed E-state index contributed by atoms with van der Waals surface area (Å²) < 4.78 is 0. The van der Waals surface area contributed by atoms with Crippen LogP contribution in [0.3, 0.4) is 0 Å². The molecular formula is C4H12NP. The van der Waals surface area contributed by atoms with Crippen LogP contribution in [0.2, 0.25) is 0 Å². The number of rotatable bonds is 3. The molecule has 0 fully saturated rings. The molecule has 0 saturated heterocycles. The van der Waals surface area contributed by atoms with E-state index in [-0.39, 0.29) is 0 Å². The van der Waals surface area contributed by atoms with Gasteiger partial charge in [0.25, 0.3) is 0 Å². The largest absolute Gasteiger partial charge is 0.330 e. The quantitative estimate of drug-likeness (QED) is 0.413. The van der Waals surface area contributed by atoms with Crippen molar-refractivity contribution in [3.8, 4) is 0 Å². The molecule has 0 aromatic heterocycles. The Hall–Kier alpha value is 0.390. The second-order valence-corrected chi connectivity index (χ2v) is 2.45. The Kier molecular flexibility index (Phi) is 5.74. The Labute approximate surface area is 41.1 Å². The maximum atomic E-state index is 5.22. The average Bonchev–Trinajstić information content (AvgIpc) is 1.61. The third-order valence-electron chi connectivity index (χ3n) is 0.631. The van der Waals surface area contributed by atoms with Gasteiger partial charge in [-0.2, -0.15) is 0 Å². The monoisotopic (exact) mass is 105 g/mol. The zero-order chi connectivity index (χ0) is 4.83. The van der Waals surface area contributed by atoms with E-state index in [0.717, 1.165) is 15.1 Å². The summed E-state index contributed by atoms with van der Waals surface area (Å²) in [6.45, 7) is 3.07. The van der Waals surface area contributed by atoms with Crippen LogP contribution in [0, 0.1) is 0 Å². The van der Waals surface area contributed by atoms with Gasteiger partial charge < -0.3 is 5.73 Å². The molecular weight excluding hydrogens is 93.0 g/mol. The van der Waals surface area contributed by atoms with Crippen molar-refractivity contribution in [2.45, 2.75) is 6.42 Å². The van der Waals surface area contributed by atoms with Crippen molar-refractivity contribution in [3.63, 3.8) is 0 Å². The zero-order valence-corrected chi connectivity index (χ0v) is 5.20. The first-order valence-electron chi connectivity index (χ1n) is 2.26. The third-order valence-corrected chi connectivity index (χ3v) is 1.48. The summed E-state index contributed by atoms with van der Waals surface area (Å²) in [4.78, 5) is 0. The van der Waals surface area contributed by atoms with Gasteiger partial charge in [0.15, 0.2) is 0 Å². The van der Waals surface area contributed by atoms with Crippen molar-refractivity contribution in [1.29, 1.82) is 0 Å². The minimum absolute atomic E-state index is 0.862. The van der Waals surface area contributed by atoms with E-state index in [1.165, 1.54) is 12.6 Å². The van der Waals surface area contributed by atoms with Crippen LogP contribution in [0.1, 0.15) is 6.42 Å². The molecule has 2 N–H and O–H groups in total. The van der Waals surface area contributed by atoms with E-state index in [1.807, 2.05) is 0 Å². The van der Waals surface area contributed by atoms with Crippen molar-refractivity contribution in [1.82, 2.24) is 0 Å². The summed E-state index contributed by atoms with van der Waals surface area (Å²) in [6, 6.07) is 0. The Morgan fingerprint density at radius 2 is 2.33 bits per heavy atom. The molecule has 0 aliphatic carbocycles. The van der Waals surface area contributed by atoms with Crippen molar-refractivity contribution < 1.29 is 0 Å². The van der Waals surface area contributed by atoms with Crippen molar-refractivity contribution in [2.24, 2.45) is 5.73 Å². The highest BCUT2D eigenvalue weighted by molar-refractivity contribution is 7.36. The third kappa shape index (κ3) is 4.39. The number of nitrogens with two attached hydrogens (primary N) is 1. The molecule has 1 nitrogen and oxygen atoms in total. The van der Waals surface area contributed by atoms with Gasteiger partial charge in [-0.3, -0.25) is 0 Å². The van der Waals surface area contributed by atoms with Gasteiger partial charge in [-0.25, -0.2) is 0 Å². The molecule has 0 radical (unpaired) electrons. The molecule has 0 aliphatic heterocycles. The summed E-state index contributed by atoms with van der Waals surface area (Å²) >= 11 is 0. The highest BCUT2D eigenvalue weighted by atomic mass is 31.1. The average molecular weight is 105 g/mol. The number of hydrogen-bond donors (Lipinski definition) is 1. The van der Waals surface area contributed by atoms with Gasteiger partial charge in [-0.05, 0) is 25.8 Å². The van der Waals surface area contributed by atoms with Gasteiger partial charge in [-0.1, -0.05) is 0 Å². The highest BCUT2D eigenvalue weighted by Gasteiger charge is 1.74. The maximum Gasteiger partial charge on any atom is -0.00740 e. The fraction of sp³-hybridized carbons (Fsp3) is 1.00. The van der Waals surface area contributed by atoms with Gasteiger partial charge in [0, 0.05) is 0 Å². The van der Waals surface area contributed by atoms with E-state index in [0.29, 0.717) is 0 Å². The molecule has 0 aliphatic rings. The molecule has 1 atom stereocenters. The SMILES string of the molecule is CPCCCN. The smallest absolute Gasteiger partial charge is 0.00740 e. The van der Waals surface area contributed by atoms with Gasteiger partial charge >= 0.3 is 0 Å². The summed E-state index contributed by atoms with van der Waals surface area (Å²) in [5.41, 5.74) is 5.22. The summed E-state index contributed by atoms with van der Waals surface area (Å²) in [7, 11) is 1.08. The Balaban J connectivity index is 2.34. The van der Waals surface area contributed by atoms with Crippen LogP contribution in [0.25, 0.3) is 0 Å². The molecule has 0 aromatic rings. The van der Waals surface area contributed by atoms with Crippen LogP contribution in [-0.4, -0.2) is 19.4 Å². The molecule has 0 rings (SSSR count). The second-order valence-electron chi connectivity index (χ2n) is 1.25. The lowest BCUT2D eigenvalue weighted by Gasteiger charge is -1.87. The van der Waals surface area contributed by atoms with E-state index in [9.17, 15) is 0 Å². The predicted molar refractivity (Wildman–Crippen MR) is 32.8 cm³/mol. The van der Waals surface area contributed by atoms with Gasteiger partial charge in [-0.15, -0.1) is 8.58 Å². The van der Waals surface area contributed by atoms with Gasteiger partial charge in [0.1, 0.15) is 0 Å². The summed E-state index contributed by atoms with van der Waals surface area (Å²) in [5, 5.41) is 0. The zero-order valence-electron chi connectivity index (χ0n) is 4.20. The molecule has 0 saturated carbocycles. The topological polar surface area (TPSA) is 26.0 Å². The molecule has 0 aromatic carbocycles. The van der Waals surface area contributed by atoms with Crippen molar-refractivity contribution in [3.05, 3.63) is 0 Å². The minimum atomic E-state index is 0.862. The second kappa shape index (κ2) is 5.39. The fourth-order valence-electron chi connectivity index (χ4n) is 0.279. The van der Waals surface area contributed by atoms with Gasteiger partial charge in [0.2, 0.25) is 0 Å². The van der Waals surface area contributed by atoms with E-state index < -0.39 is 0 Å². The van der Waals surface area contributed by atoms with Crippen LogP contribution < -0.4 is 5.73 Å². The molecule has 0 bridgehead atoms. The molecule has 0 spiro atoms. The molecule has 0 amide bonds. The standard InChI is InChI=1S/C4H12NP/c1-6-4-2-3-5/h6H,2-5H2,1H3. The lowest BCUT2D eigenvalue weighted by molar-refractivity contribution is 0.942.